The van der Waals surface area contributed by atoms with Crippen molar-refractivity contribution in [3.8, 4) is 6.07 Å². The van der Waals surface area contributed by atoms with E-state index in [0.717, 1.165) is 0 Å². The standard InChI is InChI=1S/C17H14ClN3O3/c1-10(16(22)21-13-5-2-11(9-19)3-6-13)24-17(23)12-4-7-14(18)15(20)8-12/h2-8,10H,20H2,1H3,(H,21,22)/t10-/m1/s1. The summed E-state index contributed by atoms with van der Waals surface area (Å²) >= 11 is 5.79. The minimum atomic E-state index is -1.01. The van der Waals surface area contributed by atoms with Gasteiger partial charge in [-0.2, -0.15) is 5.26 Å². The first-order valence-electron chi connectivity index (χ1n) is 6.97. The van der Waals surface area contributed by atoms with Crippen molar-refractivity contribution in [1.29, 1.82) is 5.26 Å². The highest BCUT2D eigenvalue weighted by Crippen LogP contribution is 2.20. The van der Waals surface area contributed by atoms with Crippen molar-refractivity contribution in [3.05, 3.63) is 58.6 Å². The Hall–Kier alpha value is -3.04. The van der Waals surface area contributed by atoms with Crippen molar-refractivity contribution < 1.29 is 14.3 Å². The molecule has 122 valence electrons. The number of hydrogen-bond acceptors (Lipinski definition) is 5. The van der Waals surface area contributed by atoms with E-state index < -0.39 is 18.0 Å². The average molecular weight is 344 g/mol. The summed E-state index contributed by atoms with van der Waals surface area (Å²) in [5, 5.41) is 11.7. The topological polar surface area (TPSA) is 105 Å². The third kappa shape index (κ3) is 4.24. The molecule has 0 saturated heterocycles. The Labute approximate surface area is 143 Å². The Morgan fingerprint density at radius 1 is 1.25 bits per heavy atom. The normalized spacial score (nSPS) is 11.2. The number of carbonyl (C=O) groups is 2. The predicted octanol–water partition coefficient (Wildman–Crippen LogP) is 2.98. The van der Waals surface area contributed by atoms with Crippen LogP contribution in [-0.2, 0) is 9.53 Å². The van der Waals surface area contributed by atoms with E-state index in [9.17, 15) is 9.59 Å². The SMILES string of the molecule is C[C@@H](OC(=O)c1ccc(Cl)c(N)c1)C(=O)Nc1ccc(C#N)cc1. The molecule has 0 bridgehead atoms. The van der Waals surface area contributed by atoms with E-state index in [4.69, 9.17) is 27.3 Å². The molecule has 2 rings (SSSR count). The summed E-state index contributed by atoms with van der Waals surface area (Å²) < 4.78 is 5.11. The van der Waals surface area contributed by atoms with E-state index >= 15 is 0 Å². The number of carbonyl (C=O) groups excluding carboxylic acids is 2. The van der Waals surface area contributed by atoms with Crippen LogP contribution in [0.1, 0.15) is 22.8 Å². The number of amides is 1. The van der Waals surface area contributed by atoms with Crippen LogP contribution in [0.4, 0.5) is 11.4 Å². The fraction of sp³-hybridized carbons (Fsp3) is 0.118. The van der Waals surface area contributed by atoms with Crippen LogP contribution in [0.5, 0.6) is 0 Å². The summed E-state index contributed by atoms with van der Waals surface area (Å²) in [4.78, 5) is 24.1. The van der Waals surface area contributed by atoms with E-state index in [1.165, 1.54) is 25.1 Å². The minimum Gasteiger partial charge on any atom is -0.449 e. The summed E-state index contributed by atoms with van der Waals surface area (Å²) in [7, 11) is 0. The Kier molecular flexibility index (Phi) is 5.40. The van der Waals surface area contributed by atoms with Gasteiger partial charge in [-0.15, -0.1) is 0 Å². The van der Waals surface area contributed by atoms with Crippen LogP contribution >= 0.6 is 11.6 Å². The van der Waals surface area contributed by atoms with Crippen molar-refractivity contribution in [2.45, 2.75) is 13.0 Å². The lowest BCUT2D eigenvalue weighted by Crippen LogP contribution is -2.30. The Balaban J connectivity index is 1.98. The average Bonchev–Trinajstić information content (AvgIpc) is 2.57. The molecule has 0 fully saturated rings. The zero-order valence-electron chi connectivity index (χ0n) is 12.7. The summed E-state index contributed by atoms with van der Waals surface area (Å²) in [6.07, 6.45) is -1.01. The molecule has 0 aliphatic carbocycles. The summed E-state index contributed by atoms with van der Waals surface area (Å²) in [6, 6.07) is 12.6. The zero-order valence-corrected chi connectivity index (χ0v) is 13.5. The number of ether oxygens (including phenoxy) is 1. The molecule has 0 spiro atoms. The van der Waals surface area contributed by atoms with Gasteiger partial charge < -0.3 is 15.8 Å². The maximum absolute atomic E-state index is 12.1. The first-order valence-corrected chi connectivity index (χ1v) is 7.35. The molecule has 2 aromatic rings. The number of anilines is 2. The van der Waals surface area contributed by atoms with Gasteiger partial charge in [0.25, 0.3) is 5.91 Å². The molecule has 1 atom stereocenters. The zero-order chi connectivity index (χ0) is 17.7. The largest absolute Gasteiger partial charge is 0.449 e. The molecule has 0 unspecified atom stereocenters. The number of nitrogens with zero attached hydrogens (tertiary/aromatic N) is 1. The molecule has 0 aromatic heterocycles. The fourth-order valence-electron chi connectivity index (χ4n) is 1.82. The first kappa shape index (κ1) is 17.3. The van der Waals surface area contributed by atoms with Crippen LogP contribution in [0.2, 0.25) is 5.02 Å². The molecule has 3 N–H and O–H groups in total. The van der Waals surface area contributed by atoms with Gasteiger partial charge in [0.1, 0.15) is 0 Å². The second-order valence-corrected chi connectivity index (χ2v) is 5.37. The van der Waals surface area contributed by atoms with Crippen molar-refractivity contribution in [1.82, 2.24) is 0 Å². The van der Waals surface area contributed by atoms with Gasteiger partial charge in [-0.1, -0.05) is 11.6 Å². The lowest BCUT2D eigenvalue weighted by molar-refractivity contribution is -0.123. The number of rotatable bonds is 4. The summed E-state index contributed by atoms with van der Waals surface area (Å²) in [5.74, 6) is -1.17. The first-order chi connectivity index (χ1) is 11.4. The van der Waals surface area contributed by atoms with Crippen molar-refractivity contribution in [2.75, 3.05) is 11.1 Å². The lowest BCUT2D eigenvalue weighted by Gasteiger charge is -2.14. The number of halogens is 1. The summed E-state index contributed by atoms with van der Waals surface area (Å²) in [5.41, 5.74) is 7.06. The van der Waals surface area contributed by atoms with Gasteiger partial charge >= 0.3 is 5.97 Å². The molecule has 2 aromatic carbocycles. The van der Waals surface area contributed by atoms with E-state index in [0.29, 0.717) is 16.3 Å². The van der Waals surface area contributed by atoms with Crippen LogP contribution in [-0.4, -0.2) is 18.0 Å². The number of nitriles is 1. The van der Waals surface area contributed by atoms with Gasteiger partial charge in [-0.25, -0.2) is 4.79 Å². The minimum absolute atomic E-state index is 0.204. The smallest absolute Gasteiger partial charge is 0.338 e. The fourth-order valence-corrected chi connectivity index (χ4v) is 1.94. The van der Waals surface area contributed by atoms with Gasteiger partial charge in [0.15, 0.2) is 6.10 Å². The maximum atomic E-state index is 12.1. The van der Waals surface area contributed by atoms with Crippen molar-refractivity contribution in [3.63, 3.8) is 0 Å². The molecule has 7 heteroatoms. The quantitative estimate of drug-likeness (QED) is 0.655. The van der Waals surface area contributed by atoms with E-state index in [1.54, 1.807) is 24.3 Å². The molecule has 24 heavy (non-hydrogen) atoms. The van der Waals surface area contributed by atoms with Gasteiger partial charge in [0.2, 0.25) is 0 Å². The van der Waals surface area contributed by atoms with Crippen molar-refractivity contribution in [2.24, 2.45) is 0 Å². The van der Waals surface area contributed by atoms with E-state index in [2.05, 4.69) is 5.32 Å². The number of nitrogen functional groups attached to an aromatic ring is 1. The van der Waals surface area contributed by atoms with E-state index in [-0.39, 0.29) is 11.3 Å². The van der Waals surface area contributed by atoms with Gasteiger partial charge in [-0.3, -0.25) is 4.79 Å². The number of nitrogens with two attached hydrogens (primary N) is 1. The second-order valence-electron chi connectivity index (χ2n) is 4.96. The molecule has 1 amide bonds. The molecule has 0 saturated carbocycles. The molecular formula is C17H14ClN3O3. The number of esters is 1. The van der Waals surface area contributed by atoms with Crippen LogP contribution in [0.25, 0.3) is 0 Å². The highest BCUT2D eigenvalue weighted by molar-refractivity contribution is 6.33. The third-order valence-electron chi connectivity index (χ3n) is 3.17. The molecule has 0 heterocycles. The highest BCUT2D eigenvalue weighted by Gasteiger charge is 2.19. The number of hydrogen-bond donors (Lipinski definition) is 2. The maximum Gasteiger partial charge on any atom is 0.338 e. The van der Waals surface area contributed by atoms with Crippen LogP contribution in [0.3, 0.4) is 0 Å². The molecule has 0 aliphatic rings. The third-order valence-corrected chi connectivity index (χ3v) is 3.51. The molecule has 0 aliphatic heterocycles. The predicted molar refractivity (Wildman–Crippen MR) is 90.5 cm³/mol. The Morgan fingerprint density at radius 2 is 1.92 bits per heavy atom. The molecular weight excluding hydrogens is 330 g/mol. The lowest BCUT2D eigenvalue weighted by atomic mass is 10.2. The van der Waals surface area contributed by atoms with Crippen LogP contribution in [0.15, 0.2) is 42.5 Å². The Bertz CT molecular complexity index is 813. The Morgan fingerprint density at radius 3 is 2.50 bits per heavy atom. The monoisotopic (exact) mass is 343 g/mol. The van der Waals surface area contributed by atoms with Crippen molar-refractivity contribution >= 4 is 34.9 Å². The number of benzene rings is 2. The van der Waals surface area contributed by atoms with E-state index in [1.807, 2.05) is 6.07 Å². The van der Waals surface area contributed by atoms with Crippen LogP contribution in [0, 0.1) is 11.3 Å². The van der Waals surface area contributed by atoms with Crippen LogP contribution < -0.4 is 11.1 Å². The second kappa shape index (κ2) is 7.49. The molecule has 6 nitrogen and oxygen atoms in total. The number of nitrogens with one attached hydrogen (secondary N) is 1. The summed E-state index contributed by atoms with van der Waals surface area (Å²) in [6.45, 7) is 1.45. The molecule has 0 radical (unpaired) electrons. The van der Waals surface area contributed by atoms with Gasteiger partial charge in [0.05, 0.1) is 27.9 Å². The highest BCUT2D eigenvalue weighted by atomic mass is 35.5. The van der Waals surface area contributed by atoms with Gasteiger partial charge in [-0.05, 0) is 49.4 Å². The van der Waals surface area contributed by atoms with Gasteiger partial charge in [0, 0.05) is 5.69 Å².